The molecule has 3 fully saturated rings. The van der Waals surface area contributed by atoms with Crippen LogP contribution in [0.4, 0.5) is 20.4 Å². The molecule has 11 heteroatoms. The maximum atomic E-state index is 13.6. The van der Waals surface area contributed by atoms with Gasteiger partial charge in [0.25, 0.3) is 5.91 Å². The summed E-state index contributed by atoms with van der Waals surface area (Å²) in [7, 11) is -3.48. The number of carbonyl (C=O) groups is 1. The Balaban J connectivity index is 1.36. The van der Waals surface area contributed by atoms with Crippen LogP contribution in [-0.2, 0) is 15.6 Å². The number of aliphatic hydroxyl groups is 1. The number of nitrogens with zero attached hydrogens (tertiary/aromatic N) is 3. The fourth-order valence-corrected chi connectivity index (χ4v) is 6.76. The molecule has 0 bridgehead atoms. The first-order valence-corrected chi connectivity index (χ1v) is 15.1. The summed E-state index contributed by atoms with van der Waals surface area (Å²) < 4.78 is 51.8. The largest absolute Gasteiger partial charge is 0.395 e. The second-order valence-electron chi connectivity index (χ2n) is 11.0. The minimum atomic E-state index is -3.48. The first-order valence-electron chi connectivity index (χ1n) is 13.3. The molecule has 1 aromatic heterocycles. The minimum Gasteiger partial charge on any atom is -0.395 e. The van der Waals surface area contributed by atoms with Crippen molar-refractivity contribution in [3.8, 4) is 0 Å². The van der Waals surface area contributed by atoms with Crippen LogP contribution in [-0.4, -0.2) is 60.8 Å². The van der Waals surface area contributed by atoms with Crippen LogP contribution in [0.5, 0.6) is 0 Å². The van der Waals surface area contributed by atoms with Gasteiger partial charge in [-0.3, -0.25) is 10.1 Å². The number of anilines is 2. The number of halogens is 2. The zero-order valence-electron chi connectivity index (χ0n) is 21.3. The van der Waals surface area contributed by atoms with Crippen LogP contribution in [0.25, 0.3) is 0 Å². The van der Waals surface area contributed by atoms with Gasteiger partial charge in [0.1, 0.15) is 0 Å². The van der Waals surface area contributed by atoms with Crippen molar-refractivity contribution >= 4 is 27.4 Å². The molecule has 0 radical (unpaired) electrons. The quantitative estimate of drug-likeness (QED) is 0.506. The van der Waals surface area contributed by atoms with Crippen molar-refractivity contribution in [3.05, 3.63) is 47.3 Å². The van der Waals surface area contributed by atoms with Crippen molar-refractivity contribution in [2.24, 2.45) is 5.41 Å². The van der Waals surface area contributed by atoms with Gasteiger partial charge in [-0.1, -0.05) is 6.07 Å². The number of carbonyl (C=O) groups excluding carboxylic acids is 1. The van der Waals surface area contributed by atoms with E-state index in [1.165, 1.54) is 19.0 Å². The number of sulfone groups is 1. The van der Waals surface area contributed by atoms with Crippen LogP contribution in [0.15, 0.2) is 30.5 Å². The van der Waals surface area contributed by atoms with Crippen LogP contribution >= 0.6 is 0 Å². The summed E-state index contributed by atoms with van der Waals surface area (Å²) in [6.07, 6.45) is 6.38. The van der Waals surface area contributed by atoms with Crippen LogP contribution in [0.1, 0.15) is 78.9 Å². The number of amides is 1. The zero-order chi connectivity index (χ0) is 27.0. The third-order valence-corrected chi connectivity index (χ3v) is 9.83. The molecule has 2 aliphatic carbocycles. The predicted octanol–water partition coefficient (Wildman–Crippen LogP) is 4.31. The first kappa shape index (κ1) is 26.9. The molecular weight excluding hydrogens is 514 g/mol. The highest BCUT2D eigenvalue weighted by Crippen LogP contribution is 2.54. The van der Waals surface area contributed by atoms with E-state index in [1.807, 2.05) is 0 Å². The molecule has 1 amide bonds. The lowest BCUT2D eigenvalue weighted by molar-refractivity contribution is -0.0384. The van der Waals surface area contributed by atoms with Crippen LogP contribution in [0.2, 0.25) is 0 Å². The SMILES string of the molecule is O=C(Nc1nccc(C2CCC(F)(F)CC2)n1)c1ccc(CS(=O)(=O)CCO)cc1N1CCC2(CC1)CC2. The van der Waals surface area contributed by atoms with Crippen LogP contribution < -0.4 is 10.2 Å². The molecule has 38 heavy (non-hydrogen) atoms. The summed E-state index contributed by atoms with van der Waals surface area (Å²) in [4.78, 5) is 24.2. The van der Waals surface area contributed by atoms with Gasteiger partial charge in [-0.05, 0) is 67.7 Å². The highest BCUT2D eigenvalue weighted by atomic mass is 32.2. The van der Waals surface area contributed by atoms with E-state index in [9.17, 15) is 22.0 Å². The summed E-state index contributed by atoms with van der Waals surface area (Å²) in [5.74, 6) is -3.57. The summed E-state index contributed by atoms with van der Waals surface area (Å²) in [6, 6.07) is 6.72. The van der Waals surface area contributed by atoms with Gasteiger partial charge in [0.2, 0.25) is 11.9 Å². The van der Waals surface area contributed by atoms with Crippen molar-refractivity contribution in [3.63, 3.8) is 0 Å². The number of hydrogen-bond donors (Lipinski definition) is 2. The third-order valence-electron chi connectivity index (χ3n) is 8.26. The number of aliphatic hydroxyl groups excluding tert-OH is 1. The Hall–Kier alpha value is -2.66. The van der Waals surface area contributed by atoms with Gasteiger partial charge in [0, 0.05) is 49.4 Å². The summed E-state index contributed by atoms with van der Waals surface area (Å²) in [6.45, 7) is 1.13. The monoisotopic (exact) mass is 548 g/mol. The highest BCUT2D eigenvalue weighted by molar-refractivity contribution is 7.90. The second-order valence-corrected chi connectivity index (χ2v) is 13.2. The van der Waals surface area contributed by atoms with Gasteiger partial charge in [-0.2, -0.15) is 0 Å². The fraction of sp³-hybridized carbons (Fsp3) is 0.593. The topological polar surface area (TPSA) is 112 Å². The Bertz CT molecular complexity index is 1280. The lowest BCUT2D eigenvalue weighted by Gasteiger charge is -2.35. The molecule has 206 valence electrons. The Kier molecular flexibility index (Phi) is 7.43. The van der Waals surface area contributed by atoms with Crippen LogP contribution in [0, 0.1) is 5.41 Å². The molecular formula is C27H34F2N4O4S. The molecule has 5 rings (SSSR count). The Morgan fingerprint density at radius 1 is 1.08 bits per heavy atom. The maximum absolute atomic E-state index is 13.6. The smallest absolute Gasteiger partial charge is 0.260 e. The van der Waals surface area contributed by atoms with Gasteiger partial charge in [0.15, 0.2) is 9.84 Å². The predicted molar refractivity (Wildman–Crippen MR) is 140 cm³/mol. The number of benzene rings is 1. The summed E-state index contributed by atoms with van der Waals surface area (Å²) >= 11 is 0. The standard InChI is InChI=1S/C27H34F2N4O4S/c28-27(29)6-3-20(4-7-27)22-5-12-30-25(31-22)32-24(35)21-2-1-19(18-38(36,37)16-15-34)17-23(21)33-13-10-26(8-9-26)11-14-33/h1-2,5,12,17,20,34H,3-4,6-11,13-16,18H2,(H,30,31,32,35). The van der Waals surface area contributed by atoms with Crippen molar-refractivity contribution in [1.29, 1.82) is 0 Å². The zero-order valence-corrected chi connectivity index (χ0v) is 22.2. The number of nitrogens with one attached hydrogen (secondary N) is 1. The molecule has 2 aromatic rings. The van der Waals surface area contributed by atoms with Gasteiger partial charge in [-0.25, -0.2) is 27.2 Å². The van der Waals surface area contributed by atoms with E-state index in [4.69, 9.17) is 5.11 Å². The van der Waals surface area contributed by atoms with Crippen molar-refractivity contribution in [2.45, 2.75) is 69.0 Å². The molecule has 0 unspecified atom stereocenters. The Morgan fingerprint density at radius 3 is 2.45 bits per heavy atom. The summed E-state index contributed by atoms with van der Waals surface area (Å²) in [5.41, 5.74) is 2.69. The van der Waals surface area contributed by atoms with Crippen molar-refractivity contribution in [2.75, 3.05) is 35.7 Å². The normalized spacial score (nSPS) is 20.9. The molecule has 0 atom stereocenters. The maximum Gasteiger partial charge on any atom is 0.260 e. The van der Waals surface area contributed by atoms with E-state index in [0.717, 1.165) is 25.9 Å². The van der Waals surface area contributed by atoms with E-state index in [-0.39, 0.29) is 36.2 Å². The molecule has 1 saturated heterocycles. The van der Waals surface area contributed by atoms with Gasteiger partial charge in [-0.15, -0.1) is 0 Å². The van der Waals surface area contributed by atoms with Gasteiger partial charge >= 0.3 is 0 Å². The minimum absolute atomic E-state index is 0.105. The average molecular weight is 549 g/mol. The molecule has 1 spiro atoms. The Labute approximate surface area is 221 Å². The van der Waals surface area contributed by atoms with E-state index in [2.05, 4.69) is 20.2 Å². The Morgan fingerprint density at radius 2 is 1.79 bits per heavy atom. The number of alkyl halides is 2. The van der Waals surface area contributed by atoms with Crippen molar-refractivity contribution < 1.29 is 27.1 Å². The summed E-state index contributed by atoms with van der Waals surface area (Å²) in [5, 5.41) is 11.9. The first-order chi connectivity index (χ1) is 18.1. The molecule has 1 aromatic carbocycles. The molecule has 2 saturated carbocycles. The number of piperidine rings is 1. The number of rotatable bonds is 8. The molecule has 1 aliphatic heterocycles. The molecule has 2 heterocycles. The second kappa shape index (κ2) is 10.5. The van der Waals surface area contributed by atoms with Crippen LogP contribution in [0.3, 0.4) is 0 Å². The number of hydrogen-bond acceptors (Lipinski definition) is 7. The van der Waals surface area contributed by atoms with Crippen molar-refractivity contribution in [1.82, 2.24) is 9.97 Å². The molecule has 8 nitrogen and oxygen atoms in total. The lowest BCUT2D eigenvalue weighted by atomic mass is 9.85. The lowest BCUT2D eigenvalue weighted by Crippen LogP contribution is -2.36. The average Bonchev–Trinajstić information content (AvgIpc) is 3.63. The highest BCUT2D eigenvalue weighted by Gasteiger charge is 2.44. The van der Waals surface area contributed by atoms with E-state index in [0.29, 0.717) is 40.8 Å². The van der Waals surface area contributed by atoms with E-state index in [1.54, 1.807) is 24.3 Å². The van der Waals surface area contributed by atoms with Gasteiger partial charge in [0.05, 0.1) is 23.7 Å². The third kappa shape index (κ3) is 6.31. The molecule has 3 aliphatic rings. The number of aromatic nitrogens is 2. The van der Waals surface area contributed by atoms with Gasteiger partial charge < -0.3 is 10.0 Å². The molecule has 2 N–H and O–H groups in total. The fourth-order valence-electron chi connectivity index (χ4n) is 5.65. The van der Waals surface area contributed by atoms with E-state index >= 15 is 0 Å². The van der Waals surface area contributed by atoms with E-state index < -0.39 is 28.3 Å².